The van der Waals surface area contributed by atoms with Crippen molar-refractivity contribution in [2.45, 2.75) is 0 Å². The molecular weight excluding hydrogens is 250 g/mol. The fraction of sp³-hybridized carbons (Fsp3) is 0.714. The van der Waals surface area contributed by atoms with E-state index in [2.05, 4.69) is 9.36 Å². The van der Waals surface area contributed by atoms with Crippen LogP contribution in [0.3, 0.4) is 0 Å². The molecule has 0 atom stereocenters. The number of aromatic nitrogens is 2. The van der Waals surface area contributed by atoms with Crippen LogP contribution in [0.1, 0.15) is 0 Å². The van der Waals surface area contributed by atoms with Crippen molar-refractivity contribution < 1.29 is 8.42 Å². The van der Waals surface area contributed by atoms with Crippen LogP contribution in [-0.4, -0.2) is 54.5 Å². The van der Waals surface area contributed by atoms with Crippen molar-refractivity contribution in [2.24, 2.45) is 0 Å². The minimum Gasteiger partial charge on any atom is -0.367 e. The normalized spacial score (nSPS) is 18.9. The van der Waals surface area contributed by atoms with Gasteiger partial charge < -0.3 is 10.6 Å². The van der Waals surface area contributed by atoms with Gasteiger partial charge in [-0.1, -0.05) is 0 Å². The van der Waals surface area contributed by atoms with Crippen molar-refractivity contribution in [2.75, 3.05) is 43.1 Å². The first-order valence-electron chi connectivity index (χ1n) is 4.76. The highest BCUT2D eigenvalue weighted by Gasteiger charge is 2.24. The molecule has 0 spiro atoms. The van der Waals surface area contributed by atoms with E-state index in [1.54, 1.807) is 0 Å². The minimum absolute atomic E-state index is 0.269. The smallest absolute Gasteiger partial charge is 0.233 e. The molecule has 1 aromatic rings. The zero-order valence-electron chi connectivity index (χ0n) is 8.83. The maximum Gasteiger partial charge on any atom is 0.233 e. The van der Waals surface area contributed by atoms with Crippen LogP contribution in [0.2, 0.25) is 0 Å². The van der Waals surface area contributed by atoms with Gasteiger partial charge in [-0.05, 0) is 0 Å². The Bertz CT molecular complexity index is 463. The summed E-state index contributed by atoms with van der Waals surface area (Å²) in [7, 11) is -3.08. The number of rotatable bonds is 2. The van der Waals surface area contributed by atoms with Gasteiger partial charge >= 0.3 is 0 Å². The van der Waals surface area contributed by atoms with Crippen LogP contribution in [0, 0.1) is 0 Å². The highest BCUT2D eigenvalue weighted by atomic mass is 32.2. The molecule has 0 radical (unpaired) electrons. The monoisotopic (exact) mass is 263 g/mol. The predicted molar refractivity (Wildman–Crippen MR) is 63.0 cm³/mol. The first-order chi connectivity index (χ1) is 7.47. The largest absolute Gasteiger partial charge is 0.367 e. The average molecular weight is 263 g/mol. The van der Waals surface area contributed by atoms with E-state index in [1.165, 1.54) is 22.1 Å². The van der Waals surface area contributed by atoms with E-state index in [-0.39, 0.29) is 5.95 Å². The highest BCUT2D eigenvalue weighted by molar-refractivity contribution is 7.88. The summed E-state index contributed by atoms with van der Waals surface area (Å²) in [6.07, 6.45) is 1.23. The molecule has 1 aliphatic rings. The lowest BCUT2D eigenvalue weighted by Crippen LogP contribution is -2.48. The van der Waals surface area contributed by atoms with E-state index in [0.717, 1.165) is 5.13 Å². The van der Waals surface area contributed by atoms with E-state index in [0.29, 0.717) is 26.2 Å². The van der Waals surface area contributed by atoms with E-state index in [4.69, 9.17) is 5.73 Å². The molecule has 2 rings (SSSR count). The van der Waals surface area contributed by atoms with Crippen LogP contribution in [0.25, 0.3) is 0 Å². The second-order valence-corrected chi connectivity index (χ2v) is 6.30. The van der Waals surface area contributed by atoms with Crippen LogP contribution in [0.4, 0.5) is 11.1 Å². The summed E-state index contributed by atoms with van der Waals surface area (Å²) in [6, 6.07) is 0. The number of nitrogen functional groups attached to an aromatic ring is 1. The molecule has 0 amide bonds. The van der Waals surface area contributed by atoms with Crippen molar-refractivity contribution in [1.29, 1.82) is 0 Å². The number of nitrogens with zero attached hydrogens (tertiary/aromatic N) is 4. The van der Waals surface area contributed by atoms with Crippen LogP contribution >= 0.6 is 11.5 Å². The van der Waals surface area contributed by atoms with Crippen LogP contribution < -0.4 is 10.6 Å². The Morgan fingerprint density at radius 3 is 2.38 bits per heavy atom. The third-order valence-electron chi connectivity index (χ3n) is 2.41. The van der Waals surface area contributed by atoms with E-state index >= 15 is 0 Å². The molecule has 0 saturated carbocycles. The van der Waals surface area contributed by atoms with Crippen molar-refractivity contribution in [3.8, 4) is 0 Å². The predicted octanol–water partition coefficient (Wildman–Crippen LogP) is -0.798. The van der Waals surface area contributed by atoms with Gasteiger partial charge in [0.15, 0.2) is 0 Å². The van der Waals surface area contributed by atoms with Gasteiger partial charge in [-0.15, -0.1) is 0 Å². The highest BCUT2D eigenvalue weighted by Crippen LogP contribution is 2.20. The second-order valence-electron chi connectivity index (χ2n) is 3.58. The summed E-state index contributed by atoms with van der Waals surface area (Å²) in [6.45, 7) is 2.22. The Morgan fingerprint density at radius 2 is 1.94 bits per heavy atom. The standard InChI is InChI=1S/C7H13N5O2S2/c1-16(13,14)12-4-2-11(3-5-12)7-9-6(8)10-15-7/h2-5H2,1H3,(H2,8,10). The molecule has 2 heterocycles. The minimum atomic E-state index is -3.08. The Kier molecular flexibility index (Phi) is 3.00. The van der Waals surface area contributed by atoms with Gasteiger partial charge in [0.05, 0.1) is 6.26 Å². The van der Waals surface area contributed by atoms with Crippen molar-refractivity contribution >= 4 is 32.6 Å². The maximum atomic E-state index is 11.3. The summed E-state index contributed by atoms with van der Waals surface area (Å²) in [5.41, 5.74) is 5.44. The van der Waals surface area contributed by atoms with Crippen LogP contribution in [0.15, 0.2) is 0 Å². The molecule has 0 aliphatic carbocycles. The first kappa shape index (κ1) is 11.6. The van der Waals surface area contributed by atoms with Gasteiger partial charge in [0.2, 0.25) is 21.1 Å². The molecule has 0 bridgehead atoms. The number of hydrogen-bond donors (Lipinski definition) is 1. The van der Waals surface area contributed by atoms with E-state index < -0.39 is 10.0 Å². The van der Waals surface area contributed by atoms with Gasteiger partial charge in [-0.25, -0.2) is 8.42 Å². The Balaban J connectivity index is 2.00. The summed E-state index contributed by atoms with van der Waals surface area (Å²) in [5, 5.41) is 0.755. The van der Waals surface area contributed by atoms with Crippen molar-refractivity contribution in [1.82, 2.24) is 13.7 Å². The molecule has 1 fully saturated rings. The fourth-order valence-electron chi connectivity index (χ4n) is 1.57. The molecule has 90 valence electrons. The first-order valence-corrected chi connectivity index (χ1v) is 7.38. The number of sulfonamides is 1. The third kappa shape index (κ3) is 2.42. The lowest BCUT2D eigenvalue weighted by atomic mass is 10.4. The summed E-state index contributed by atoms with van der Waals surface area (Å²) in [5.74, 6) is 0.269. The molecule has 7 nitrogen and oxygen atoms in total. The average Bonchev–Trinajstić information content (AvgIpc) is 2.64. The molecule has 1 aromatic heterocycles. The quantitative estimate of drug-likeness (QED) is 0.751. The Labute approximate surface area is 98.1 Å². The molecule has 0 aromatic carbocycles. The van der Waals surface area contributed by atoms with Gasteiger partial charge in [0.1, 0.15) is 0 Å². The van der Waals surface area contributed by atoms with Gasteiger partial charge in [0, 0.05) is 37.7 Å². The van der Waals surface area contributed by atoms with Crippen LogP contribution in [-0.2, 0) is 10.0 Å². The zero-order chi connectivity index (χ0) is 11.8. The second kappa shape index (κ2) is 4.15. The molecular formula is C7H13N5O2S2. The van der Waals surface area contributed by atoms with Gasteiger partial charge in [0.25, 0.3) is 0 Å². The van der Waals surface area contributed by atoms with Crippen molar-refractivity contribution in [3.63, 3.8) is 0 Å². The van der Waals surface area contributed by atoms with Gasteiger partial charge in [-0.3, -0.25) is 0 Å². The van der Waals surface area contributed by atoms with Crippen LogP contribution in [0.5, 0.6) is 0 Å². The van der Waals surface area contributed by atoms with E-state index in [1.807, 2.05) is 4.90 Å². The van der Waals surface area contributed by atoms with E-state index in [9.17, 15) is 8.42 Å². The third-order valence-corrected chi connectivity index (χ3v) is 4.50. The zero-order valence-corrected chi connectivity index (χ0v) is 10.5. The Hall–Kier alpha value is -0.930. The maximum absolute atomic E-state index is 11.3. The Morgan fingerprint density at radius 1 is 1.31 bits per heavy atom. The van der Waals surface area contributed by atoms with Crippen molar-refractivity contribution in [3.05, 3.63) is 0 Å². The summed E-state index contributed by atoms with van der Waals surface area (Å²) >= 11 is 1.24. The summed E-state index contributed by atoms with van der Waals surface area (Å²) < 4.78 is 28.0. The molecule has 0 unspecified atom stereocenters. The molecule has 1 saturated heterocycles. The molecule has 1 aliphatic heterocycles. The molecule has 9 heteroatoms. The molecule has 16 heavy (non-hydrogen) atoms. The number of piperazine rings is 1. The summed E-state index contributed by atoms with van der Waals surface area (Å²) in [4.78, 5) is 6.06. The number of anilines is 2. The molecule has 2 N–H and O–H groups in total. The number of nitrogens with two attached hydrogens (primary N) is 1. The lowest BCUT2D eigenvalue weighted by Gasteiger charge is -2.32. The fourth-order valence-corrected chi connectivity index (χ4v) is 3.04. The SMILES string of the molecule is CS(=O)(=O)N1CCN(c2nc(N)ns2)CC1. The topological polar surface area (TPSA) is 92.4 Å². The van der Waals surface area contributed by atoms with Gasteiger partial charge in [-0.2, -0.15) is 13.7 Å². The number of hydrogen-bond acceptors (Lipinski definition) is 7. The lowest BCUT2D eigenvalue weighted by molar-refractivity contribution is 0.388.